The molecule has 104 valence electrons. The van der Waals surface area contributed by atoms with Gasteiger partial charge in [-0.3, -0.25) is 0 Å². The molecule has 2 unspecified atom stereocenters. The number of halogens is 2. The third-order valence-corrected chi connectivity index (χ3v) is 4.59. The summed E-state index contributed by atoms with van der Waals surface area (Å²) >= 11 is 6.13. The van der Waals surface area contributed by atoms with Gasteiger partial charge in [-0.2, -0.15) is 0 Å². The van der Waals surface area contributed by atoms with Crippen molar-refractivity contribution < 1.29 is 4.39 Å². The van der Waals surface area contributed by atoms with Crippen molar-refractivity contribution in [3.63, 3.8) is 0 Å². The summed E-state index contributed by atoms with van der Waals surface area (Å²) in [4.78, 5) is 0. The molecule has 0 aromatic heterocycles. The first-order valence-corrected chi connectivity index (χ1v) is 7.26. The van der Waals surface area contributed by atoms with E-state index in [1.807, 2.05) is 7.05 Å². The van der Waals surface area contributed by atoms with Crippen LogP contribution < -0.4 is 5.32 Å². The van der Waals surface area contributed by atoms with Crippen molar-refractivity contribution in [2.24, 2.45) is 0 Å². The Morgan fingerprint density at radius 2 is 2.05 bits per heavy atom. The SMILES string of the molecule is CNC(Cc1c(F)cccc1Cl)C1Cc2ccccc21. The van der Waals surface area contributed by atoms with Crippen LogP contribution in [0, 0.1) is 5.82 Å². The number of likely N-dealkylation sites (N-methyl/N-ethyl adjacent to an activating group) is 1. The fourth-order valence-corrected chi connectivity index (χ4v) is 3.29. The average Bonchev–Trinajstić information content (AvgIpc) is 2.42. The third kappa shape index (κ3) is 2.34. The van der Waals surface area contributed by atoms with Gasteiger partial charge in [-0.1, -0.05) is 41.9 Å². The van der Waals surface area contributed by atoms with Gasteiger partial charge in [0.1, 0.15) is 5.82 Å². The van der Waals surface area contributed by atoms with Crippen LogP contribution >= 0.6 is 11.6 Å². The molecule has 0 radical (unpaired) electrons. The minimum absolute atomic E-state index is 0.208. The van der Waals surface area contributed by atoms with E-state index in [2.05, 4.69) is 29.6 Å². The van der Waals surface area contributed by atoms with E-state index < -0.39 is 0 Å². The summed E-state index contributed by atoms with van der Waals surface area (Å²) < 4.78 is 13.9. The molecule has 1 aliphatic rings. The zero-order valence-corrected chi connectivity index (χ0v) is 12.1. The van der Waals surface area contributed by atoms with Gasteiger partial charge >= 0.3 is 0 Å². The smallest absolute Gasteiger partial charge is 0.127 e. The number of benzene rings is 2. The summed E-state index contributed by atoms with van der Waals surface area (Å²) in [5, 5.41) is 3.83. The monoisotopic (exact) mass is 289 g/mol. The first kappa shape index (κ1) is 13.6. The Morgan fingerprint density at radius 3 is 2.75 bits per heavy atom. The maximum Gasteiger partial charge on any atom is 0.127 e. The van der Waals surface area contributed by atoms with Gasteiger partial charge in [0.25, 0.3) is 0 Å². The van der Waals surface area contributed by atoms with Crippen molar-refractivity contribution in [2.45, 2.75) is 24.8 Å². The molecular formula is C17H17ClFN. The van der Waals surface area contributed by atoms with E-state index in [0.29, 0.717) is 22.9 Å². The normalized spacial score (nSPS) is 18.2. The second-order valence-corrected chi connectivity index (χ2v) is 5.72. The Balaban J connectivity index is 1.83. The molecule has 2 aromatic carbocycles. The van der Waals surface area contributed by atoms with Gasteiger partial charge in [0.15, 0.2) is 0 Å². The van der Waals surface area contributed by atoms with Crippen molar-refractivity contribution in [3.05, 3.63) is 70.0 Å². The molecule has 1 nitrogen and oxygen atoms in total. The highest BCUT2D eigenvalue weighted by molar-refractivity contribution is 6.31. The lowest BCUT2D eigenvalue weighted by molar-refractivity contribution is 0.417. The fraction of sp³-hybridized carbons (Fsp3) is 0.294. The van der Waals surface area contributed by atoms with Crippen LogP contribution in [0.5, 0.6) is 0 Å². The molecule has 0 amide bonds. The van der Waals surface area contributed by atoms with Crippen LogP contribution in [0.4, 0.5) is 4.39 Å². The Hall–Kier alpha value is -1.38. The largest absolute Gasteiger partial charge is 0.316 e. The van der Waals surface area contributed by atoms with Gasteiger partial charge in [0, 0.05) is 22.5 Å². The van der Waals surface area contributed by atoms with Crippen molar-refractivity contribution in [1.82, 2.24) is 5.32 Å². The zero-order valence-electron chi connectivity index (χ0n) is 11.4. The zero-order chi connectivity index (χ0) is 14.1. The highest BCUT2D eigenvalue weighted by Crippen LogP contribution is 2.38. The second kappa shape index (κ2) is 5.55. The van der Waals surface area contributed by atoms with Gasteiger partial charge < -0.3 is 5.32 Å². The standard InChI is InChI=1S/C17H17ClFN/c1-20-17(10-14-15(18)7-4-8-16(14)19)13-9-11-5-2-3-6-12(11)13/h2-8,13,17,20H,9-10H2,1H3. The first-order valence-electron chi connectivity index (χ1n) is 6.88. The van der Waals surface area contributed by atoms with Crippen LogP contribution in [-0.4, -0.2) is 13.1 Å². The van der Waals surface area contributed by atoms with Crippen LogP contribution in [0.15, 0.2) is 42.5 Å². The maximum absolute atomic E-state index is 13.9. The first-order chi connectivity index (χ1) is 9.70. The molecule has 2 atom stereocenters. The van der Waals surface area contributed by atoms with E-state index in [1.165, 1.54) is 17.2 Å². The highest BCUT2D eigenvalue weighted by atomic mass is 35.5. The molecule has 0 fully saturated rings. The van der Waals surface area contributed by atoms with Gasteiger partial charge in [-0.05, 0) is 43.1 Å². The topological polar surface area (TPSA) is 12.0 Å². The van der Waals surface area contributed by atoms with E-state index >= 15 is 0 Å². The molecule has 2 aromatic rings. The van der Waals surface area contributed by atoms with Crippen molar-refractivity contribution in [2.75, 3.05) is 7.05 Å². The van der Waals surface area contributed by atoms with Gasteiger partial charge in [0.2, 0.25) is 0 Å². The summed E-state index contributed by atoms with van der Waals surface area (Å²) in [7, 11) is 1.93. The number of hydrogen-bond donors (Lipinski definition) is 1. The molecule has 3 heteroatoms. The number of nitrogens with one attached hydrogen (secondary N) is 1. The predicted molar refractivity (Wildman–Crippen MR) is 80.8 cm³/mol. The molecule has 0 heterocycles. The molecule has 0 saturated heterocycles. The molecule has 0 spiro atoms. The minimum Gasteiger partial charge on any atom is -0.316 e. The summed E-state index contributed by atoms with van der Waals surface area (Å²) in [5.41, 5.74) is 3.38. The number of rotatable bonds is 4. The molecular weight excluding hydrogens is 273 g/mol. The van der Waals surface area contributed by atoms with Gasteiger partial charge in [-0.15, -0.1) is 0 Å². The Bertz CT molecular complexity index is 606. The van der Waals surface area contributed by atoms with E-state index in [9.17, 15) is 4.39 Å². The molecule has 0 saturated carbocycles. The average molecular weight is 290 g/mol. The summed E-state index contributed by atoms with van der Waals surface area (Å²) in [6.45, 7) is 0. The maximum atomic E-state index is 13.9. The fourth-order valence-electron chi connectivity index (χ4n) is 3.05. The Morgan fingerprint density at radius 1 is 1.25 bits per heavy atom. The van der Waals surface area contributed by atoms with Crippen molar-refractivity contribution >= 4 is 11.6 Å². The Kier molecular flexibility index (Phi) is 3.77. The summed E-state index contributed by atoms with van der Waals surface area (Å²) in [6.07, 6.45) is 1.66. The number of hydrogen-bond acceptors (Lipinski definition) is 1. The van der Waals surface area contributed by atoms with E-state index in [1.54, 1.807) is 12.1 Å². The van der Waals surface area contributed by atoms with Crippen LogP contribution in [0.3, 0.4) is 0 Å². The van der Waals surface area contributed by atoms with E-state index in [4.69, 9.17) is 11.6 Å². The quantitative estimate of drug-likeness (QED) is 0.899. The summed E-state index contributed by atoms with van der Waals surface area (Å²) in [5.74, 6) is 0.220. The predicted octanol–water partition coefficient (Wildman–Crippen LogP) is 3.95. The Labute approximate surface area is 123 Å². The lowest BCUT2D eigenvalue weighted by atomic mass is 9.72. The molecule has 1 N–H and O–H groups in total. The van der Waals surface area contributed by atoms with Crippen molar-refractivity contribution in [1.29, 1.82) is 0 Å². The van der Waals surface area contributed by atoms with Crippen LogP contribution in [0.25, 0.3) is 0 Å². The summed E-state index contributed by atoms with van der Waals surface area (Å²) in [6, 6.07) is 13.5. The van der Waals surface area contributed by atoms with Gasteiger partial charge in [-0.25, -0.2) is 4.39 Å². The van der Waals surface area contributed by atoms with Crippen LogP contribution in [-0.2, 0) is 12.8 Å². The molecule has 20 heavy (non-hydrogen) atoms. The minimum atomic E-state index is -0.217. The van der Waals surface area contributed by atoms with Crippen LogP contribution in [0.1, 0.15) is 22.6 Å². The van der Waals surface area contributed by atoms with E-state index in [-0.39, 0.29) is 11.9 Å². The molecule has 3 rings (SSSR count). The highest BCUT2D eigenvalue weighted by Gasteiger charge is 2.32. The van der Waals surface area contributed by atoms with E-state index in [0.717, 1.165) is 6.42 Å². The van der Waals surface area contributed by atoms with Crippen LogP contribution in [0.2, 0.25) is 5.02 Å². The molecule has 1 aliphatic carbocycles. The second-order valence-electron chi connectivity index (χ2n) is 5.31. The lowest BCUT2D eigenvalue weighted by Gasteiger charge is -2.36. The third-order valence-electron chi connectivity index (χ3n) is 4.24. The molecule has 0 bridgehead atoms. The van der Waals surface area contributed by atoms with Crippen molar-refractivity contribution in [3.8, 4) is 0 Å². The van der Waals surface area contributed by atoms with Gasteiger partial charge in [0.05, 0.1) is 0 Å². The molecule has 0 aliphatic heterocycles. The number of fused-ring (bicyclic) bond motifs is 1. The lowest BCUT2D eigenvalue weighted by Crippen LogP contribution is -2.39.